The van der Waals surface area contributed by atoms with Crippen molar-refractivity contribution in [1.29, 1.82) is 0 Å². The Morgan fingerprint density at radius 2 is 2.07 bits per heavy atom. The summed E-state index contributed by atoms with van der Waals surface area (Å²) in [4.78, 5) is 32.7. The number of nitrogens with one attached hydrogen (secondary N) is 2. The third-order valence-electron chi connectivity index (χ3n) is 5.91. The Hall–Kier alpha value is -2.25. The summed E-state index contributed by atoms with van der Waals surface area (Å²) in [5.74, 6) is 0.251. The standard InChI is InChI=1S/C22H28N4O2S/c1-16-15-29-21(23-16)13-22(28)26-11-9-25(10-12-26)14-20(27)24-19-8-4-6-17-5-2-3-7-18(17)19/h2-3,5,7,15,19H,4,6,8-14H2,1H3,(H,24,27)/p+1. The highest BCUT2D eigenvalue weighted by molar-refractivity contribution is 7.09. The topological polar surface area (TPSA) is 66.7 Å². The summed E-state index contributed by atoms with van der Waals surface area (Å²) in [7, 11) is 0. The fraction of sp³-hybridized carbons (Fsp3) is 0.500. The molecule has 0 spiro atoms. The van der Waals surface area contributed by atoms with Crippen LogP contribution in [0.3, 0.4) is 0 Å². The van der Waals surface area contributed by atoms with Crippen LogP contribution in [-0.4, -0.2) is 54.4 Å². The molecule has 1 unspecified atom stereocenters. The Labute approximate surface area is 175 Å². The first-order valence-corrected chi connectivity index (χ1v) is 11.4. The summed E-state index contributed by atoms with van der Waals surface area (Å²) in [5, 5.41) is 6.11. The van der Waals surface area contributed by atoms with Crippen molar-refractivity contribution in [2.45, 2.75) is 38.6 Å². The fourth-order valence-corrected chi connectivity index (χ4v) is 5.11. The molecule has 2 N–H and O–H groups in total. The SMILES string of the molecule is Cc1csc(CC(=O)N2CC[NH+](CC(=O)NC3CCCc4ccccc43)CC2)n1. The normalized spacial score (nSPS) is 19.6. The van der Waals surface area contributed by atoms with Gasteiger partial charge in [0.05, 0.1) is 38.6 Å². The van der Waals surface area contributed by atoms with E-state index in [0.29, 0.717) is 26.1 Å². The molecule has 1 aromatic heterocycles. The molecule has 154 valence electrons. The number of carbonyl (C=O) groups is 2. The molecule has 1 aromatic carbocycles. The molecule has 2 aromatic rings. The summed E-state index contributed by atoms with van der Waals surface area (Å²) in [6.45, 7) is 5.47. The summed E-state index contributed by atoms with van der Waals surface area (Å²) in [6.07, 6.45) is 3.62. The fourth-order valence-electron chi connectivity index (χ4n) is 4.35. The largest absolute Gasteiger partial charge is 0.344 e. The highest BCUT2D eigenvalue weighted by Gasteiger charge is 2.27. The second-order valence-corrected chi connectivity index (χ2v) is 9.02. The number of aryl methyl sites for hydroxylation is 2. The van der Waals surface area contributed by atoms with Crippen LogP contribution in [0.15, 0.2) is 29.6 Å². The van der Waals surface area contributed by atoms with Crippen LogP contribution in [0.25, 0.3) is 0 Å². The number of piperazine rings is 1. The lowest BCUT2D eigenvalue weighted by molar-refractivity contribution is -0.896. The maximum atomic E-state index is 12.6. The van der Waals surface area contributed by atoms with Crippen LogP contribution in [0, 0.1) is 6.92 Å². The van der Waals surface area contributed by atoms with Gasteiger partial charge in [0.15, 0.2) is 6.54 Å². The molecule has 7 heteroatoms. The van der Waals surface area contributed by atoms with E-state index in [-0.39, 0.29) is 17.9 Å². The molecule has 0 radical (unpaired) electrons. The maximum absolute atomic E-state index is 12.6. The van der Waals surface area contributed by atoms with Crippen LogP contribution in [0.1, 0.15) is 40.7 Å². The minimum absolute atomic E-state index is 0.111. The van der Waals surface area contributed by atoms with Crippen molar-refractivity contribution in [2.24, 2.45) is 0 Å². The first kappa shape index (κ1) is 20.0. The van der Waals surface area contributed by atoms with Crippen LogP contribution in [0.4, 0.5) is 0 Å². The molecular formula is C22H29N4O2S+. The van der Waals surface area contributed by atoms with Crippen molar-refractivity contribution >= 4 is 23.2 Å². The smallest absolute Gasteiger partial charge is 0.275 e. The molecule has 0 bridgehead atoms. The van der Waals surface area contributed by atoms with Crippen LogP contribution in [-0.2, 0) is 22.4 Å². The van der Waals surface area contributed by atoms with Crippen molar-refractivity contribution in [2.75, 3.05) is 32.7 Å². The summed E-state index contributed by atoms with van der Waals surface area (Å²) in [6, 6.07) is 8.57. The Morgan fingerprint density at radius 1 is 1.28 bits per heavy atom. The number of rotatable bonds is 5. The van der Waals surface area contributed by atoms with E-state index in [1.165, 1.54) is 16.0 Å². The number of nitrogens with zero attached hydrogens (tertiary/aromatic N) is 2. The number of benzene rings is 1. The van der Waals surface area contributed by atoms with Crippen molar-refractivity contribution in [3.05, 3.63) is 51.5 Å². The molecule has 0 saturated carbocycles. The lowest BCUT2D eigenvalue weighted by Crippen LogP contribution is -3.15. The number of hydrogen-bond acceptors (Lipinski definition) is 4. The van der Waals surface area contributed by atoms with Gasteiger partial charge < -0.3 is 15.1 Å². The van der Waals surface area contributed by atoms with Gasteiger partial charge in [-0.25, -0.2) is 4.98 Å². The first-order valence-electron chi connectivity index (χ1n) is 10.5. The number of amides is 2. The molecule has 1 atom stereocenters. The van der Waals surface area contributed by atoms with E-state index in [9.17, 15) is 9.59 Å². The monoisotopic (exact) mass is 413 g/mol. The molecule has 2 heterocycles. The van der Waals surface area contributed by atoms with Gasteiger partial charge in [0.1, 0.15) is 5.01 Å². The average Bonchev–Trinajstić information content (AvgIpc) is 3.13. The van der Waals surface area contributed by atoms with Gasteiger partial charge in [0.2, 0.25) is 5.91 Å². The number of carbonyl (C=O) groups excluding carboxylic acids is 2. The first-order chi connectivity index (χ1) is 14.1. The molecule has 1 aliphatic heterocycles. The Kier molecular flexibility index (Phi) is 6.25. The third-order valence-corrected chi connectivity index (χ3v) is 6.87. The number of hydrogen-bond donors (Lipinski definition) is 2. The third kappa shape index (κ3) is 5.03. The van der Waals surface area contributed by atoms with Crippen LogP contribution in [0.5, 0.6) is 0 Å². The highest BCUT2D eigenvalue weighted by Crippen LogP contribution is 2.29. The van der Waals surface area contributed by atoms with Gasteiger partial charge in [0, 0.05) is 11.1 Å². The van der Waals surface area contributed by atoms with Crippen molar-refractivity contribution in [3.63, 3.8) is 0 Å². The number of fused-ring (bicyclic) bond motifs is 1. The molecule has 1 saturated heterocycles. The minimum atomic E-state index is 0.111. The molecule has 2 aliphatic rings. The van der Waals surface area contributed by atoms with Gasteiger partial charge in [-0.05, 0) is 37.3 Å². The number of thiazole rings is 1. The highest BCUT2D eigenvalue weighted by atomic mass is 32.1. The van der Waals surface area contributed by atoms with Gasteiger partial charge in [0.25, 0.3) is 5.91 Å². The van der Waals surface area contributed by atoms with Crippen molar-refractivity contribution in [1.82, 2.24) is 15.2 Å². The zero-order valence-electron chi connectivity index (χ0n) is 16.9. The van der Waals surface area contributed by atoms with E-state index < -0.39 is 0 Å². The van der Waals surface area contributed by atoms with E-state index in [2.05, 4.69) is 34.6 Å². The van der Waals surface area contributed by atoms with Crippen molar-refractivity contribution in [3.8, 4) is 0 Å². The Balaban J connectivity index is 1.23. The average molecular weight is 414 g/mol. The van der Waals surface area contributed by atoms with E-state index >= 15 is 0 Å². The molecular weight excluding hydrogens is 384 g/mol. The van der Waals surface area contributed by atoms with Gasteiger partial charge >= 0.3 is 0 Å². The molecule has 2 amide bonds. The number of aromatic nitrogens is 1. The lowest BCUT2D eigenvalue weighted by atomic mass is 9.88. The molecule has 6 nitrogen and oxygen atoms in total. The van der Waals surface area contributed by atoms with Gasteiger partial charge in [-0.1, -0.05) is 24.3 Å². The van der Waals surface area contributed by atoms with E-state index in [4.69, 9.17) is 0 Å². The maximum Gasteiger partial charge on any atom is 0.275 e. The quantitative estimate of drug-likeness (QED) is 0.766. The second kappa shape index (κ2) is 9.05. The summed E-state index contributed by atoms with van der Waals surface area (Å²) >= 11 is 1.55. The zero-order valence-corrected chi connectivity index (χ0v) is 17.8. The molecule has 1 aliphatic carbocycles. The second-order valence-electron chi connectivity index (χ2n) is 8.08. The Bertz CT molecular complexity index is 873. The van der Waals surface area contributed by atoms with Gasteiger partial charge in [-0.3, -0.25) is 9.59 Å². The van der Waals surface area contributed by atoms with E-state index in [1.807, 2.05) is 17.2 Å². The number of quaternary nitrogens is 1. The van der Waals surface area contributed by atoms with Crippen LogP contribution < -0.4 is 10.2 Å². The molecule has 29 heavy (non-hydrogen) atoms. The lowest BCUT2D eigenvalue weighted by Gasteiger charge is -2.32. The van der Waals surface area contributed by atoms with Crippen molar-refractivity contribution < 1.29 is 14.5 Å². The van der Waals surface area contributed by atoms with Gasteiger partial charge in [-0.2, -0.15) is 0 Å². The summed E-state index contributed by atoms with van der Waals surface area (Å²) in [5.41, 5.74) is 3.60. The molecule has 1 fully saturated rings. The Morgan fingerprint density at radius 3 is 2.83 bits per heavy atom. The predicted molar refractivity (Wildman–Crippen MR) is 113 cm³/mol. The van der Waals surface area contributed by atoms with Crippen LogP contribution >= 0.6 is 11.3 Å². The van der Waals surface area contributed by atoms with Crippen LogP contribution in [0.2, 0.25) is 0 Å². The van der Waals surface area contributed by atoms with E-state index in [1.54, 1.807) is 11.3 Å². The van der Waals surface area contributed by atoms with Gasteiger partial charge in [-0.15, -0.1) is 11.3 Å². The minimum Gasteiger partial charge on any atom is -0.344 e. The summed E-state index contributed by atoms with van der Waals surface area (Å²) < 4.78 is 0. The van der Waals surface area contributed by atoms with E-state index in [0.717, 1.165) is 43.1 Å². The zero-order chi connectivity index (χ0) is 20.2. The molecule has 4 rings (SSSR count). The predicted octanol–water partition coefficient (Wildman–Crippen LogP) is 0.915.